The van der Waals surface area contributed by atoms with E-state index in [2.05, 4.69) is 16.8 Å². The van der Waals surface area contributed by atoms with Crippen molar-refractivity contribution in [3.63, 3.8) is 0 Å². The zero-order chi connectivity index (χ0) is 24.0. The Morgan fingerprint density at radius 2 is 1.64 bits per heavy atom. The summed E-state index contributed by atoms with van der Waals surface area (Å²) in [5.74, 6) is -0.947. The van der Waals surface area contributed by atoms with E-state index in [4.69, 9.17) is 0 Å². The van der Waals surface area contributed by atoms with Crippen molar-refractivity contribution in [1.29, 1.82) is 0 Å². The van der Waals surface area contributed by atoms with Crippen molar-refractivity contribution in [2.45, 2.75) is 27.3 Å². The van der Waals surface area contributed by atoms with E-state index in [-0.39, 0.29) is 5.78 Å². The maximum absolute atomic E-state index is 13.0. The second-order valence-electron chi connectivity index (χ2n) is 9.72. The van der Waals surface area contributed by atoms with E-state index in [9.17, 15) is 14.7 Å². The number of hydrogen-bond acceptors (Lipinski definition) is 4. The van der Waals surface area contributed by atoms with Gasteiger partial charge in [0.05, 0.1) is 0 Å². The molecule has 0 aliphatic carbocycles. The molecule has 5 nitrogen and oxygen atoms in total. The second kappa shape index (κ2) is 10.7. The number of piperazine rings is 1. The fourth-order valence-corrected chi connectivity index (χ4v) is 3.93. The predicted octanol–water partition coefficient (Wildman–Crippen LogP) is 4.84. The monoisotopic (exact) mass is 446 g/mol. The van der Waals surface area contributed by atoms with Crippen molar-refractivity contribution in [2.75, 3.05) is 33.2 Å². The summed E-state index contributed by atoms with van der Waals surface area (Å²) in [5.41, 5.74) is 3.30. The number of allylic oxidation sites excluding steroid dienone is 1. The van der Waals surface area contributed by atoms with Crippen molar-refractivity contribution in [1.82, 2.24) is 9.80 Å². The Hall–Kier alpha value is -3.02. The molecule has 2 aromatic carbocycles. The zero-order valence-electron chi connectivity index (χ0n) is 20.0. The van der Waals surface area contributed by atoms with Gasteiger partial charge in [0, 0.05) is 43.9 Å². The van der Waals surface area contributed by atoms with Crippen LogP contribution in [0.4, 0.5) is 0 Å². The lowest BCUT2D eigenvalue weighted by Gasteiger charge is -2.32. The molecule has 1 N–H and O–H groups in total. The smallest absolute Gasteiger partial charge is 0.332 e. The van der Waals surface area contributed by atoms with Crippen LogP contribution < -0.4 is 0 Å². The van der Waals surface area contributed by atoms with Gasteiger partial charge in [-0.1, -0.05) is 69.3 Å². The maximum Gasteiger partial charge on any atom is 0.332 e. The first-order chi connectivity index (χ1) is 15.6. The average Bonchev–Trinajstić information content (AvgIpc) is 2.77. The van der Waals surface area contributed by atoms with Crippen LogP contribution in [-0.2, 0) is 11.3 Å². The Labute approximate surface area is 197 Å². The first-order valence-corrected chi connectivity index (χ1v) is 11.4. The van der Waals surface area contributed by atoms with Gasteiger partial charge in [-0.25, -0.2) is 4.79 Å². The number of likely N-dealkylation sites (N-methyl/N-ethyl adjacent to an activating group) is 1. The molecule has 33 heavy (non-hydrogen) atoms. The molecule has 0 amide bonds. The van der Waals surface area contributed by atoms with Crippen LogP contribution in [0.15, 0.2) is 60.2 Å². The maximum atomic E-state index is 13.0. The normalized spacial score (nSPS) is 16.3. The number of benzene rings is 2. The molecule has 5 heteroatoms. The van der Waals surface area contributed by atoms with Gasteiger partial charge in [0.1, 0.15) is 0 Å². The number of carbonyl (C=O) groups is 2. The van der Waals surface area contributed by atoms with E-state index >= 15 is 0 Å². The van der Waals surface area contributed by atoms with Gasteiger partial charge < -0.3 is 10.0 Å². The van der Waals surface area contributed by atoms with Gasteiger partial charge in [0.25, 0.3) is 0 Å². The zero-order valence-corrected chi connectivity index (χ0v) is 20.0. The predicted molar refractivity (Wildman–Crippen MR) is 134 cm³/mol. The molecule has 1 fully saturated rings. The SMILES string of the molecule is CN1CCN(Cc2ccccc2C(=O)C=Cc2cccc(C=C(C(=O)O)C(C)(C)C)c2)CC1. The van der Waals surface area contributed by atoms with E-state index in [0.717, 1.165) is 55.0 Å². The standard InChI is InChI=1S/C28H34N2O3/c1-28(2,3)25(27(32)33)19-22-9-7-8-21(18-22)12-13-26(31)24-11-6-5-10-23(24)20-30-16-14-29(4)15-17-30/h5-13,18-19H,14-17,20H2,1-4H3,(H,32,33). The van der Waals surface area contributed by atoms with Crippen molar-refractivity contribution in [2.24, 2.45) is 5.41 Å². The molecular formula is C28H34N2O3. The number of rotatable bonds is 7. The Kier molecular flexibility index (Phi) is 8.01. The lowest BCUT2D eigenvalue weighted by Crippen LogP contribution is -2.44. The third kappa shape index (κ3) is 6.98. The van der Waals surface area contributed by atoms with Gasteiger partial charge in [0.15, 0.2) is 5.78 Å². The topological polar surface area (TPSA) is 60.9 Å². The van der Waals surface area contributed by atoms with Crippen molar-refractivity contribution >= 4 is 23.9 Å². The molecule has 1 saturated heterocycles. The third-order valence-electron chi connectivity index (χ3n) is 5.96. The molecule has 0 radical (unpaired) electrons. The van der Waals surface area contributed by atoms with E-state index in [0.29, 0.717) is 5.57 Å². The Bertz CT molecular complexity index is 1050. The first kappa shape index (κ1) is 24.6. The minimum atomic E-state index is -0.921. The van der Waals surface area contributed by atoms with Gasteiger partial charge in [0.2, 0.25) is 0 Å². The molecule has 1 aliphatic heterocycles. The Balaban J connectivity index is 1.77. The van der Waals surface area contributed by atoms with Crippen LogP contribution in [0.3, 0.4) is 0 Å². The van der Waals surface area contributed by atoms with Crippen LogP contribution in [-0.4, -0.2) is 59.9 Å². The number of hydrogen-bond donors (Lipinski definition) is 1. The van der Waals surface area contributed by atoms with Crippen molar-refractivity contribution in [3.05, 3.63) is 82.4 Å². The van der Waals surface area contributed by atoms with E-state index in [1.807, 2.05) is 69.3 Å². The molecule has 0 spiro atoms. The highest BCUT2D eigenvalue weighted by molar-refractivity contribution is 6.07. The number of carboxylic acid groups (broad SMARTS) is 1. The molecule has 0 unspecified atom stereocenters. The largest absolute Gasteiger partial charge is 0.478 e. The highest BCUT2D eigenvalue weighted by atomic mass is 16.4. The first-order valence-electron chi connectivity index (χ1n) is 11.4. The lowest BCUT2D eigenvalue weighted by atomic mass is 9.85. The summed E-state index contributed by atoms with van der Waals surface area (Å²) in [5, 5.41) is 9.57. The minimum Gasteiger partial charge on any atom is -0.478 e. The fourth-order valence-electron chi connectivity index (χ4n) is 3.93. The van der Waals surface area contributed by atoms with Gasteiger partial charge in [-0.05, 0) is 47.4 Å². The van der Waals surface area contributed by atoms with Crippen LogP contribution in [0.5, 0.6) is 0 Å². The molecule has 2 aromatic rings. The second-order valence-corrected chi connectivity index (χ2v) is 9.72. The van der Waals surface area contributed by atoms with Crippen LogP contribution >= 0.6 is 0 Å². The summed E-state index contributed by atoms with van der Waals surface area (Å²) >= 11 is 0. The average molecular weight is 447 g/mol. The van der Waals surface area contributed by atoms with Crippen molar-refractivity contribution < 1.29 is 14.7 Å². The molecule has 0 bridgehead atoms. The molecule has 1 aliphatic rings. The van der Waals surface area contributed by atoms with Gasteiger partial charge in [-0.3, -0.25) is 9.69 Å². The van der Waals surface area contributed by atoms with Crippen LogP contribution in [0.2, 0.25) is 0 Å². The van der Waals surface area contributed by atoms with Crippen LogP contribution in [0, 0.1) is 5.41 Å². The molecule has 0 saturated carbocycles. The van der Waals surface area contributed by atoms with Gasteiger partial charge in [-0.15, -0.1) is 0 Å². The highest BCUT2D eigenvalue weighted by Crippen LogP contribution is 2.27. The van der Waals surface area contributed by atoms with E-state index in [1.165, 1.54) is 0 Å². The highest BCUT2D eigenvalue weighted by Gasteiger charge is 2.23. The van der Waals surface area contributed by atoms with Crippen LogP contribution in [0.1, 0.15) is 47.8 Å². The number of ketones is 1. The summed E-state index contributed by atoms with van der Waals surface area (Å²) in [6.07, 6.45) is 5.10. The minimum absolute atomic E-state index is 0.0263. The molecular weight excluding hydrogens is 412 g/mol. The van der Waals surface area contributed by atoms with Crippen molar-refractivity contribution in [3.8, 4) is 0 Å². The number of nitrogens with zero attached hydrogens (tertiary/aromatic N) is 2. The molecule has 174 valence electrons. The molecule has 1 heterocycles. The van der Waals surface area contributed by atoms with E-state index < -0.39 is 11.4 Å². The number of carbonyl (C=O) groups excluding carboxylic acids is 1. The number of aliphatic carboxylic acids is 1. The quantitative estimate of drug-likeness (QED) is 0.487. The Morgan fingerprint density at radius 1 is 0.970 bits per heavy atom. The summed E-state index contributed by atoms with van der Waals surface area (Å²) in [4.78, 5) is 29.4. The Morgan fingerprint density at radius 3 is 2.30 bits per heavy atom. The van der Waals surface area contributed by atoms with Gasteiger partial charge in [-0.2, -0.15) is 0 Å². The summed E-state index contributed by atoms with van der Waals surface area (Å²) in [7, 11) is 2.13. The number of carboxylic acids is 1. The lowest BCUT2D eigenvalue weighted by molar-refractivity contribution is -0.133. The molecule has 0 aromatic heterocycles. The summed E-state index contributed by atoms with van der Waals surface area (Å²) < 4.78 is 0. The summed E-state index contributed by atoms with van der Waals surface area (Å²) in [6, 6.07) is 15.4. The fraction of sp³-hybridized carbons (Fsp3) is 0.357. The van der Waals surface area contributed by atoms with Gasteiger partial charge >= 0.3 is 5.97 Å². The van der Waals surface area contributed by atoms with E-state index in [1.54, 1.807) is 18.2 Å². The molecule has 3 rings (SSSR count). The summed E-state index contributed by atoms with van der Waals surface area (Å²) in [6.45, 7) is 10.5. The molecule has 0 atom stereocenters. The van der Waals surface area contributed by atoms with Crippen LogP contribution in [0.25, 0.3) is 12.2 Å². The third-order valence-corrected chi connectivity index (χ3v) is 5.96.